The van der Waals surface area contributed by atoms with E-state index in [-0.39, 0.29) is 41.5 Å². The number of hydrogen-bond acceptors (Lipinski definition) is 3. The molecule has 34 heavy (non-hydrogen) atoms. The fraction of sp³-hybridized carbons (Fsp3) is 0.235. The molecule has 0 aliphatic carbocycles. The maximum atomic E-state index is 12.8. The van der Waals surface area contributed by atoms with E-state index in [1.165, 1.54) is 24.3 Å². The van der Waals surface area contributed by atoms with Crippen molar-refractivity contribution in [3.05, 3.63) is 54.4 Å². The topological polar surface area (TPSA) is 65.2 Å². The first-order valence-electron chi connectivity index (χ1n) is 8.51. The minimum atomic E-state index is -2.09. The second-order valence-corrected chi connectivity index (χ2v) is 13.6. The molecule has 0 bridgehead atoms. The van der Waals surface area contributed by atoms with Gasteiger partial charge < -0.3 is 21.3 Å². The van der Waals surface area contributed by atoms with Gasteiger partial charge in [0.2, 0.25) is 7.59 Å². The third-order valence-corrected chi connectivity index (χ3v) is 6.73. The van der Waals surface area contributed by atoms with Crippen LogP contribution < -0.4 is 21.3 Å². The van der Waals surface area contributed by atoms with Crippen molar-refractivity contribution in [1.29, 1.82) is 0 Å². The third kappa shape index (κ3) is 8.97. The number of nitrogens with one attached hydrogen (secondary N) is 4. The Bertz CT molecular complexity index is 928. The van der Waals surface area contributed by atoms with Gasteiger partial charge in [-0.15, -0.1) is 0 Å². The molecule has 17 heteroatoms. The lowest BCUT2D eigenvalue weighted by molar-refractivity contribution is 0.235. The Labute approximate surface area is 254 Å². The summed E-state index contributed by atoms with van der Waals surface area (Å²) in [6.45, 7) is 0. The second kappa shape index (κ2) is 12.6. The van der Waals surface area contributed by atoms with E-state index in [1.807, 2.05) is 0 Å². The molecule has 0 radical (unpaired) electrons. The Morgan fingerprint density at radius 3 is 1.09 bits per heavy atom. The number of carbonyl (C=O) groups is 1. The summed E-state index contributed by atoms with van der Waals surface area (Å²) in [5.41, 5.74) is 0.278. The molecule has 2 amide bonds. The van der Waals surface area contributed by atoms with Crippen LogP contribution in [-0.2, 0) is 0 Å². The maximum absolute atomic E-state index is 12.8. The summed E-state index contributed by atoms with van der Waals surface area (Å²) in [7, 11) is 0. The van der Waals surface area contributed by atoms with Crippen molar-refractivity contribution in [2.75, 3.05) is 10.6 Å². The second-order valence-electron chi connectivity index (χ2n) is 6.34. The van der Waals surface area contributed by atoms with Crippen molar-refractivity contribution in [3.8, 4) is 0 Å². The Balaban J connectivity index is 2.25. The molecule has 0 aliphatic rings. The van der Waals surface area contributed by atoms with Crippen molar-refractivity contribution >= 4 is 157 Å². The quantitative estimate of drug-likeness (QED) is 0.178. The molecule has 0 saturated heterocycles. The van der Waals surface area contributed by atoms with Gasteiger partial charge in [-0.2, -0.15) is 0 Å². The zero-order chi connectivity index (χ0) is 26.0. The fourth-order valence-electron chi connectivity index (χ4n) is 2.35. The zero-order valence-corrected chi connectivity index (χ0v) is 25.0. The minimum absolute atomic E-state index is 0.104. The van der Waals surface area contributed by atoms with Gasteiger partial charge in [-0.1, -0.05) is 139 Å². The van der Waals surface area contributed by atoms with Crippen LogP contribution in [0.3, 0.4) is 0 Å². The van der Waals surface area contributed by atoms with Crippen LogP contribution >= 0.6 is 139 Å². The molecule has 0 unspecified atom stereocenters. The van der Waals surface area contributed by atoms with Crippen LogP contribution in [0.2, 0.25) is 30.1 Å². The van der Waals surface area contributed by atoms with Crippen LogP contribution in [0, 0.1) is 0 Å². The Hall–Kier alpha value is 0.790. The van der Waals surface area contributed by atoms with E-state index in [0.717, 1.165) is 0 Å². The smallest absolute Gasteiger partial charge is 0.318 e. The van der Waals surface area contributed by atoms with E-state index < -0.39 is 25.9 Å². The number of alkyl halides is 6. The number of halogens is 12. The van der Waals surface area contributed by atoms with Crippen LogP contribution in [0.1, 0.15) is 0 Å². The predicted octanol–water partition coefficient (Wildman–Crippen LogP) is 9.82. The third-order valence-electron chi connectivity index (χ3n) is 3.80. The zero-order valence-electron chi connectivity index (χ0n) is 15.9. The molecule has 2 aromatic carbocycles. The number of anilines is 2. The van der Waals surface area contributed by atoms with E-state index in [4.69, 9.17) is 139 Å². The highest BCUT2D eigenvalue weighted by molar-refractivity contribution is 6.69. The summed E-state index contributed by atoms with van der Waals surface area (Å²) >= 11 is 72.5. The normalized spacial score (nSPS) is 13.8. The summed E-state index contributed by atoms with van der Waals surface area (Å²) in [6.07, 6.45) is -2.74. The lowest BCUT2D eigenvalue weighted by Gasteiger charge is -2.31. The highest BCUT2D eigenvalue weighted by Crippen LogP contribution is 2.39. The Morgan fingerprint density at radius 1 is 0.588 bits per heavy atom. The monoisotopic (exact) mass is 706 g/mol. The van der Waals surface area contributed by atoms with E-state index >= 15 is 0 Å². The molecule has 0 saturated carbocycles. The molecule has 2 atom stereocenters. The van der Waals surface area contributed by atoms with Crippen molar-refractivity contribution in [3.63, 3.8) is 0 Å². The molecule has 188 valence electrons. The van der Waals surface area contributed by atoms with Gasteiger partial charge in [0.25, 0.3) is 0 Å². The van der Waals surface area contributed by atoms with Gasteiger partial charge in [0.15, 0.2) is 0 Å². The average molecular weight is 712 g/mol. The summed E-state index contributed by atoms with van der Waals surface area (Å²) in [4.78, 5) is 12.8. The number of urea groups is 1. The predicted molar refractivity (Wildman–Crippen MR) is 150 cm³/mol. The minimum Gasteiger partial charge on any atom is -0.359 e. The van der Waals surface area contributed by atoms with Crippen LogP contribution in [-0.4, -0.2) is 25.9 Å². The van der Waals surface area contributed by atoms with E-state index in [0.29, 0.717) is 0 Å². The Kier molecular flexibility index (Phi) is 11.5. The number of benzene rings is 2. The van der Waals surface area contributed by atoms with Crippen LogP contribution in [0.5, 0.6) is 0 Å². The lowest BCUT2D eigenvalue weighted by atomic mass is 10.3. The summed E-state index contributed by atoms with van der Waals surface area (Å²) in [5.74, 6) is 0. The molecule has 0 aliphatic heterocycles. The van der Waals surface area contributed by atoms with Gasteiger partial charge in [-0.25, -0.2) is 4.79 Å². The number of carbonyl (C=O) groups excluding carboxylic acids is 1. The van der Waals surface area contributed by atoms with Crippen LogP contribution in [0.15, 0.2) is 24.3 Å². The van der Waals surface area contributed by atoms with Gasteiger partial charge in [-0.05, 0) is 24.3 Å². The van der Waals surface area contributed by atoms with Gasteiger partial charge in [-0.3, -0.25) is 0 Å². The first-order chi connectivity index (χ1) is 15.5. The SMILES string of the molecule is O=C(N[C@@H](Nc1c(Cl)cc(Cl)cc1Cl)C(Cl)(Cl)Cl)N[C@@H](Nc1c(Cl)cc(Cl)cc1Cl)C(Cl)(Cl)Cl. The van der Waals surface area contributed by atoms with Crippen LogP contribution in [0.4, 0.5) is 16.2 Å². The maximum Gasteiger partial charge on any atom is 0.318 e. The molecule has 0 fully saturated rings. The van der Waals surface area contributed by atoms with Gasteiger partial charge in [0, 0.05) is 10.0 Å². The van der Waals surface area contributed by atoms with E-state index in [9.17, 15) is 4.79 Å². The molecular formula is C17H10Cl12N4O. The molecule has 0 heterocycles. The fourth-order valence-corrected chi connectivity index (χ4v) is 4.86. The van der Waals surface area contributed by atoms with Gasteiger partial charge in [0.05, 0.1) is 31.5 Å². The van der Waals surface area contributed by atoms with Crippen molar-refractivity contribution in [2.24, 2.45) is 0 Å². The average Bonchev–Trinajstić information content (AvgIpc) is 2.63. The standard InChI is InChI=1S/C17H10Cl12N4O/c18-5-1-7(20)11(8(21)2-5)30-13(16(24,25)26)32-15(34)33-14(17(27,28)29)31-12-9(22)3-6(19)4-10(12)23/h1-4,13-14,30-31H,(H2,32,33,34)/t13-,14-/m1/s1. The Morgan fingerprint density at radius 2 is 0.853 bits per heavy atom. The summed E-state index contributed by atoms with van der Waals surface area (Å²) in [5, 5.41) is 11.2. The van der Waals surface area contributed by atoms with Crippen molar-refractivity contribution in [1.82, 2.24) is 10.6 Å². The van der Waals surface area contributed by atoms with E-state index in [2.05, 4.69) is 21.3 Å². The van der Waals surface area contributed by atoms with E-state index in [1.54, 1.807) is 0 Å². The summed E-state index contributed by atoms with van der Waals surface area (Å²) in [6, 6.07) is 4.66. The van der Waals surface area contributed by atoms with Crippen molar-refractivity contribution < 1.29 is 4.79 Å². The van der Waals surface area contributed by atoms with Crippen molar-refractivity contribution in [2.45, 2.75) is 19.9 Å². The van der Waals surface area contributed by atoms with Gasteiger partial charge in [0.1, 0.15) is 12.3 Å². The molecule has 5 nitrogen and oxygen atoms in total. The highest BCUT2D eigenvalue weighted by atomic mass is 35.6. The number of rotatable bonds is 6. The molecular weight excluding hydrogens is 702 g/mol. The lowest BCUT2D eigenvalue weighted by Crippen LogP contribution is -2.58. The van der Waals surface area contributed by atoms with Crippen LogP contribution in [0.25, 0.3) is 0 Å². The number of hydrogen-bond donors (Lipinski definition) is 4. The molecule has 2 aromatic rings. The molecule has 4 N–H and O–H groups in total. The molecule has 2 rings (SSSR count). The highest BCUT2D eigenvalue weighted by Gasteiger charge is 2.38. The molecule has 0 aromatic heterocycles. The first-order valence-corrected chi connectivity index (χ1v) is 13.0. The molecule has 0 spiro atoms. The summed E-state index contributed by atoms with van der Waals surface area (Å²) < 4.78 is -4.18. The number of amides is 2. The first kappa shape index (κ1) is 31.0. The largest absolute Gasteiger partial charge is 0.359 e. The van der Waals surface area contributed by atoms with Gasteiger partial charge >= 0.3 is 6.03 Å².